The Morgan fingerprint density at radius 3 is 2.88 bits per heavy atom. The third-order valence-electron chi connectivity index (χ3n) is 3.83. The number of carbonyl (C=O) groups is 1. The number of rotatable bonds is 6. The van der Waals surface area contributed by atoms with Crippen LogP contribution in [0.5, 0.6) is 5.75 Å². The number of hydrogen-bond donors (Lipinski definition) is 1. The first-order valence-corrected chi connectivity index (χ1v) is 8.68. The van der Waals surface area contributed by atoms with Crippen LogP contribution in [0.25, 0.3) is 4.96 Å². The molecule has 0 bridgehead atoms. The summed E-state index contributed by atoms with van der Waals surface area (Å²) < 4.78 is 7.26. The molecule has 0 spiro atoms. The fourth-order valence-electron chi connectivity index (χ4n) is 2.35. The Kier molecular flexibility index (Phi) is 3.89. The summed E-state index contributed by atoms with van der Waals surface area (Å²) in [4.78, 5) is 12.7. The van der Waals surface area contributed by atoms with E-state index in [1.54, 1.807) is 4.52 Å². The molecule has 124 valence electrons. The molecule has 2 aromatic heterocycles. The minimum absolute atomic E-state index is 0.0134. The molecule has 1 saturated carbocycles. The van der Waals surface area contributed by atoms with Crippen molar-refractivity contribution in [1.82, 2.24) is 25.1 Å². The topological polar surface area (TPSA) is 81.4 Å². The molecule has 0 radical (unpaired) electrons. The lowest BCUT2D eigenvalue weighted by molar-refractivity contribution is -0.123. The zero-order valence-electron chi connectivity index (χ0n) is 13.2. The monoisotopic (exact) mass is 343 g/mol. The number of nitrogens with zero attached hydrogens (tertiary/aromatic N) is 4. The number of fused-ring (bicyclic) bond motifs is 1. The van der Waals surface area contributed by atoms with E-state index in [0.717, 1.165) is 34.2 Å². The van der Waals surface area contributed by atoms with E-state index in [9.17, 15) is 4.79 Å². The molecule has 2 heterocycles. The standard InChI is InChI=1S/C16H17N5O2S/c1-10-2-6-12(7-3-10)23-9-13(22)17-8-14-20-21-15(11-4-5-11)18-19-16(21)24-14/h2-3,6-7,11H,4-5,8-9H2,1H3,(H,17,22). The van der Waals surface area contributed by atoms with Crippen LogP contribution in [0.2, 0.25) is 0 Å². The summed E-state index contributed by atoms with van der Waals surface area (Å²) in [5, 5.41) is 16.4. The van der Waals surface area contributed by atoms with Gasteiger partial charge in [-0.1, -0.05) is 29.0 Å². The van der Waals surface area contributed by atoms with Gasteiger partial charge >= 0.3 is 0 Å². The Morgan fingerprint density at radius 1 is 1.33 bits per heavy atom. The van der Waals surface area contributed by atoms with E-state index in [-0.39, 0.29) is 12.5 Å². The highest BCUT2D eigenvalue weighted by Gasteiger charge is 2.30. The largest absolute Gasteiger partial charge is 0.484 e. The highest BCUT2D eigenvalue weighted by molar-refractivity contribution is 7.16. The maximum Gasteiger partial charge on any atom is 0.258 e. The lowest BCUT2D eigenvalue weighted by Gasteiger charge is -2.06. The first-order chi connectivity index (χ1) is 11.7. The molecule has 24 heavy (non-hydrogen) atoms. The molecule has 8 heteroatoms. The van der Waals surface area contributed by atoms with E-state index in [1.165, 1.54) is 11.3 Å². The molecule has 0 aliphatic heterocycles. The number of ether oxygens (including phenoxy) is 1. The van der Waals surface area contributed by atoms with Crippen LogP contribution < -0.4 is 10.1 Å². The van der Waals surface area contributed by atoms with Gasteiger partial charge in [0.2, 0.25) is 4.96 Å². The van der Waals surface area contributed by atoms with Gasteiger partial charge in [-0.25, -0.2) is 0 Å². The van der Waals surface area contributed by atoms with Crippen molar-refractivity contribution in [3.8, 4) is 5.75 Å². The minimum atomic E-state index is -0.177. The average Bonchev–Trinajstić information content (AvgIpc) is 3.22. The van der Waals surface area contributed by atoms with Crippen molar-refractivity contribution < 1.29 is 9.53 Å². The normalized spacial score (nSPS) is 14.0. The van der Waals surface area contributed by atoms with Crippen molar-refractivity contribution in [2.24, 2.45) is 0 Å². The number of aromatic nitrogens is 4. The Labute approximate surface area is 142 Å². The van der Waals surface area contributed by atoms with Crippen LogP contribution in [0.4, 0.5) is 0 Å². The third kappa shape index (κ3) is 3.23. The molecule has 3 aromatic rings. The second kappa shape index (κ2) is 6.20. The molecule has 0 saturated heterocycles. The van der Waals surface area contributed by atoms with E-state index in [1.807, 2.05) is 31.2 Å². The second-order valence-electron chi connectivity index (χ2n) is 5.90. The van der Waals surface area contributed by atoms with E-state index in [2.05, 4.69) is 20.6 Å². The average molecular weight is 343 g/mol. The van der Waals surface area contributed by atoms with E-state index >= 15 is 0 Å². The van der Waals surface area contributed by atoms with Gasteiger partial charge in [0.1, 0.15) is 10.8 Å². The number of carbonyl (C=O) groups excluding carboxylic acids is 1. The van der Waals surface area contributed by atoms with Gasteiger partial charge < -0.3 is 10.1 Å². The van der Waals surface area contributed by atoms with Gasteiger partial charge in [-0.2, -0.15) is 9.61 Å². The highest BCUT2D eigenvalue weighted by atomic mass is 32.1. The van der Waals surface area contributed by atoms with Gasteiger partial charge in [-0.3, -0.25) is 4.79 Å². The van der Waals surface area contributed by atoms with Gasteiger partial charge in [0.05, 0.1) is 6.54 Å². The molecule has 1 N–H and O–H groups in total. The van der Waals surface area contributed by atoms with Gasteiger partial charge in [0, 0.05) is 5.92 Å². The number of amides is 1. The van der Waals surface area contributed by atoms with Gasteiger partial charge in [-0.05, 0) is 31.9 Å². The molecular weight excluding hydrogens is 326 g/mol. The van der Waals surface area contributed by atoms with Crippen LogP contribution in [-0.4, -0.2) is 32.3 Å². The van der Waals surface area contributed by atoms with E-state index in [4.69, 9.17) is 4.74 Å². The van der Waals surface area contributed by atoms with Crippen LogP contribution in [0, 0.1) is 6.92 Å². The SMILES string of the molecule is Cc1ccc(OCC(=O)NCc2nn3c(C4CC4)nnc3s2)cc1. The number of benzene rings is 1. The summed E-state index contributed by atoms with van der Waals surface area (Å²) in [6, 6.07) is 7.60. The molecule has 7 nitrogen and oxygen atoms in total. The maximum atomic E-state index is 11.9. The molecule has 0 unspecified atom stereocenters. The summed E-state index contributed by atoms with van der Waals surface area (Å²) in [5.41, 5.74) is 1.15. The molecule has 1 amide bonds. The predicted molar refractivity (Wildman–Crippen MR) is 89.2 cm³/mol. The predicted octanol–water partition coefficient (Wildman–Crippen LogP) is 2.07. The maximum absolute atomic E-state index is 11.9. The summed E-state index contributed by atoms with van der Waals surface area (Å²) in [5.74, 6) is 1.93. The molecular formula is C16H17N5O2S. The van der Waals surface area contributed by atoms with Gasteiger partial charge in [0.15, 0.2) is 12.4 Å². The third-order valence-corrected chi connectivity index (χ3v) is 4.73. The summed E-state index contributed by atoms with van der Waals surface area (Å²) >= 11 is 1.44. The van der Waals surface area contributed by atoms with E-state index in [0.29, 0.717) is 18.2 Å². The highest BCUT2D eigenvalue weighted by Crippen LogP contribution is 2.39. The fourth-order valence-corrected chi connectivity index (χ4v) is 3.13. The van der Waals surface area contributed by atoms with Crippen LogP contribution in [-0.2, 0) is 11.3 Å². The number of aryl methyl sites for hydroxylation is 1. The lowest BCUT2D eigenvalue weighted by Crippen LogP contribution is -2.28. The zero-order chi connectivity index (χ0) is 16.5. The quantitative estimate of drug-likeness (QED) is 0.741. The smallest absolute Gasteiger partial charge is 0.258 e. The second-order valence-corrected chi connectivity index (χ2v) is 6.94. The van der Waals surface area contributed by atoms with Crippen molar-refractivity contribution in [2.75, 3.05) is 6.61 Å². The number of nitrogens with one attached hydrogen (secondary N) is 1. The van der Waals surface area contributed by atoms with Crippen molar-refractivity contribution >= 4 is 22.2 Å². The van der Waals surface area contributed by atoms with Crippen LogP contribution in [0.1, 0.15) is 35.2 Å². The molecule has 1 fully saturated rings. The fraction of sp³-hybridized carbons (Fsp3) is 0.375. The number of hydrogen-bond acceptors (Lipinski definition) is 6. The van der Waals surface area contributed by atoms with Crippen LogP contribution in [0.15, 0.2) is 24.3 Å². The van der Waals surface area contributed by atoms with Gasteiger partial charge in [0.25, 0.3) is 5.91 Å². The Bertz CT molecular complexity index is 866. The van der Waals surface area contributed by atoms with Crippen molar-refractivity contribution in [3.63, 3.8) is 0 Å². The van der Waals surface area contributed by atoms with Crippen LogP contribution in [0.3, 0.4) is 0 Å². The zero-order valence-corrected chi connectivity index (χ0v) is 14.0. The van der Waals surface area contributed by atoms with E-state index < -0.39 is 0 Å². The summed E-state index contributed by atoms with van der Waals surface area (Å²) in [7, 11) is 0. The summed E-state index contributed by atoms with van der Waals surface area (Å²) in [6.07, 6.45) is 2.31. The minimum Gasteiger partial charge on any atom is -0.484 e. The molecule has 1 aliphatic rings. The first-order valence-electron chi connectivity index (χ1n) is 7.86. The summed E-state index contributed by atoms with van der Waals surface area (Å²) in [6.45, 7) is 2.36. The molecule has 0 atom stereocenters. The van der Waals surface area contributed by atoms with Gasteiger partial charge in [-0.15, -0.1) is 10.2 Å². The lowest BCUT2D eigenvalue weighted by atomic mass is 10.2. The Balaban J connectivity index is 1.31. The van der Waals surface area contributed by atoms with Crippen molar-refractivity contribution in [2.45, 2.75) is 32.2 Å². The Morgan fingerprint density at radius 2 is 2.12 bits per heavy atom. The van der Waals surface area contributed by atoms with Crippen molar-refractivity contribution in [3.05, 3.63) is 40.7 Å². The first kappa shape index (κ1) is 15.1. The van der Waals surface area contributed by atoms with Crippen LogP contribution >= 0.6 is 11.3 Å². The molecule has 4 rings (SSSR count). The molecule has 1 aliphatic carbocycles. The Hall–Kier alpha value is -2.48. The van der Waals surface area contributed by atoms with Crippen molar-refractivity contribution in [1.29, 1.82) is 0 Å². The molecule has 1 aromatic carbocycles.